The van der Waals surface area contributed by atoms with Crippen LogP contribution >= 0.6 is 0 Å². The number of carbonyl (C=O) groups is 1. The van der Waals surface area contributed by atoms with Gasteiger partial charge in [0.2, 0.25) is 5.91 Å². The number of nitrogen functional groups attached to an aromatic ring is 1. The average molecular weight is 391 g/mol. The fraction of sp³-hybridized carbons (Fsp3) is 0.500. The number of benzene rings is 1. The van der Waals surface area contributed by atoms with Gasteiger partial charge in [-0.3, -0.25) is 9.69 Å². The van der Waals surface area contributed by atoms with Crippen molar-refractivity contribution in [3.63, 3.8) is 0 Å². The van der Waals surface area contributed by atoms with Crippen LogP contribution < -0.4 is 5.73 Å². The summed E-state index contributed by atoms with van der Waals surface area (Å²) in [6.07, 6.45) is 7.38. The summed E-state index contributed by atoms with van der Waals surface area (Å²) in [5.41, 5.74) is 8.60. The van der Waals surface area contributed by atoms with Crippen LogP contribution in [0.1, 0.15) is 49.1 Å². The Labute approximate surface area is 172 Å². The number of hydrogen-bond donors (Lipinski definition) is 1. The third-order valence-electron chi connectivity index (χ3n) is 7.15. The Morgan fingerprint density at radius 3 is 2.52 bits per heavy atom. The molecule has 3 aliphatic rings. The Morgan fingerprint density at radius 2 is 1.83 bits per heavy atom. The number of nitrogens with zero attached hydrogens (tertiary/aromatic N) is 3. The van der Waals surface area contributed by atoms with Gasteiger partial charge in [0.05, 0.1) is 5.92 Å². The monoisotopic (exact) mass is 390 g/mol. The highest BCUT2D eigenvalue weighted by Crippen LogP contribution is 2.48. The summed E-state index contributed by atoms with van der Waals surface area (Å²) in [6, 6.07) is 14.9. The number of likely N-dealkylation sites (tertiary alicyclic amines) is 2. The van der Waals surface area contributed by atoms with Crippen LogP contribution in [0.3, 0.4) is 0 Å². The summed E-state index contributed by atoms with van der Waals surface area (Å²) in [4.78, 5) is 22.2. The van der Waals surface area contributed by atoms with Gasteiger partial charge in [0.1, 0.15) is 5.82 Å². The SMILES string of the molecule is Nc1ncccc1CN1CCC2(CC1)C[C@@H](c1ccccc1)C(=O)N(C1CC1)C2. The second-order valence-corrected chi connectivity index (χ2v) is 9.19. The Balaban J connectivity index is 1.32. The number of anilines is 1. The molecule has 2 aromatic rings. The largest absolute Gasteiger partial charge is 0.383 e. The molecule has 1 spiro atoms. The number of aromatic nitrogens is 1. The summed E-state index contributed by atoms with van der Waals surface area (Å²) >= 11 is 0. The lowest BCUT2D eigenvalue weighted by Gasteiger charge is -2.50. The normalized spacial score (nSPS) is 24.8. The van der Waals surface area contributed by atoms with E-state index in [9.17, 15) is 4.79 Å². The zero-order valence-corrected chi connectivity index (χ0v) is 17.0. The summed E-state index contributed by atoms with van der Waals surface area (Å²) < 4.78 is 0. The van der Waals surface area contributed by atoms with Gasteiger partial charge < -0.3 is 10.6 Å². The van der Waals surface area contributed by atoms with E-state index in [1.165, 1.54) is 18.4 Å². The maximum absolute atomic E-state index is 13.3. The summed E-state index contributed by atoms with van der Waals surface area (Å²) in [5, 5.41) is 0. The number of piperidine rings is 2. The average Bonchev–Trinajstić information content (AvgIpc) is 3.59. The Hall–Kier alpha value is -2.40. The number of pyridine rings is 1. The highest BCUT2D eigenvalue weighted by atomic mass is 16.2. The van der Waals surface area contributed by atoms with Crippen molar-refractivity contribution in [2.24, 2.45) is 5.41 Å². The molecule has 152 valence electrons. The van der Waals surface area contributed by atoms with Gasteiger partial charge in [-0.1, -0.05) is 36.4 Å². The van der Waals surface area contributed by atoms with Gasteiger partial charge >= 0.3 is 0 Å². The highest BCUT2D eigenvalue weighted by Gasteiger charge is 2.49. The van der Waals surface area contributed by atoms with Crippen molar-refractivity contribution < 1.29 is 4.79 Å². The van der Waals surface area contributed by atoms with Crippen LogP contribution in [-0.2, 0) is 11.3 Å². The number of hydrogen-bond acceptors (Lipinski definition) is 4. The molecule has 3 heterocycles. The van der Waals surface area contributed by atoms with Gasteiger partial charge in [-0.2, -0.15) is 0 Å². The molecule has 3 fully saturated rings. The van der Waals surface area contributed by atoms with Crippen molar-refractivity contribution in [3.05, 3.63) is 59.8 Å². The minimum atomic E-state index is 0.0195. The zero-order valence-electron chi connectivity index (χ0n) is 17.0. The smallest absolute Gasteiger partial charge is 0.230 e. The first-order valence-corrected chi connectivity index (χ1v) is 10.9. The van der Waals surface area contributed by atoms with E-state index in [-0.39, 0.29) is 11.3 Å². The van der Waals surface area contributed by atoms with Crippen LogP contribution in [0, 0.1) is 5.41 Å². The molecule has 1 amide bonds. The minimum absolute atomic E-state index is 0.0195. The lowest BCUT2D eigenvalue weighted by molar-refractivity contribution is -0.142. The molecule has 29 heavy (non-hydrogen) atoms. The van der Waals surface area contributed by atoms with Crippen molar-refractivity contribution >= 4 is 11.7 Å². The molecule has 1 aliphatic carbocycles. The second-order valence-electron chi connectivity index (χ2n) is 9.19. The molecule has 1 aromatic carbocycles. The van der Waals surface area contributed by atoms with E-state index in [0.717, 1.165) is 51.0 Å². The van der Waals surface area contributed by atoms with Crippen LogP contribution in [0.4, 0.5) is 5.82 Å². The molecule has 5 heteroatoms. The summed E-state index contributed by atoms with van der Waals surface area (Å²) in [6.45, 7) is 3.93. The van der Waals surface area contributed by atoms with Crippen molar-refractivity contribution in [1.82, 2.24) is 14.8 Å². The number of nitrogens with two attached hydrogens (primary N) is 1. The Kier molecular flexibility index (Phi) is 4.78. The Bertz CT molecular complexity index is 871. The maximum Gasteiger partial charge on any atom is 0.230 e. The molecule has 2 saturated heterocycles. The number of carbonyl (C=O) groups excluding carboxylic acids is 1. The third kappa shape index (κ3) is 3.76. The van der Waals surface area contributed by atoms with Gasteiger partial charge in [0.25, 0.3) is 0 Å². The molecule has 1 aromatic heterocycles. The van der Waals surface area contributed by atoms with Crippen molar-refractivity contribution in [1.29, 1.82) is 0 Å². The number of rotatable bonds is 4. The van der Waals surface area contributed by atoms with Crippen molar-refractivity contribution in [2.75, 3.05) is 25.4 Å². The molecule has 1 atom stereocenters. The molecule has 0 radical (unpaired) electrons. The first-order chi connectivity index (χ1) is 14.1. The van der Waals surface area contributed by atoms with Crippen molar-refractivity contribution in [3.8, 4) is 0 Å². The van der Waals surface area contributed by atoms with E-state index in [0.29, 0.717) is 17.8 Å². The van der Waals surface area contributed by atoms with Gasteiger partial charge in [0.15, 0.2) is 0 Å². The molecule has 2 N–H and O–H groups in total. The lowest BCUT2D eigenvalue weighted by Crippen LogP contribution is -2.54. The topological polar surface area (TPSA) is 62.5 Å². The number of amides is 1. The predicted molar refractivity (Wildman–Crippen MR) is 114 cm³/mol. The Morgan fingerprint density at radius 1 is 1.07 bits per heavy atom. The highest BCUT2D eigenvalue weighted by molar-refractivity contribution is 5.85. The molecule has 0 unspecified atom stereocenters. The van der Waals surface area contributed by atoms with E-state index in [4.69, 9.17) is 5.73 Å². The van der Waals surface area contributed by atoms with Crippen LogP contribution in [-0.4, -0.2) is 46.4 Å². The predicted octanol–water partition coefficient (Wildman–Crippen LogP) is 3.42. The standard InChI is InChI=1S/C24H30N4O/c25-22-19(7-4-12-26-22)16-27-13-10-24(11-14-27)15-21(18-5-2-1-3-6-18)23(29)28(17-24)20-8-9-20/h1-7,12,20-21H,8-11,13-17H2,(H2,25,26)/t21-/m0/s1. The van der Waals surface area contributed by atoms with Gasteiger partial charge in [-0.05, 0) is 62.2 Å². The first-order valence-electron chi connectivity index (χ1n) is 10.9. The van der Waals surface area contributed by atoms with E-state index in [1.54, 1.807) is 6.20 Å². The summed E-state index contributed by atoms with van der Waals surface area (Å²) in [5.74, 6) is 1.01. The summed E-state index contributed by atoms with van der Waals surface area (Å²) in [7, 11) is 0. The molecular formula is C24H30N4O. The molecule has 5 nitrogen and oxygen atoms in total. The molecular weight excluding hydrogens is 360 g/mol. The fourth-order valence-electron chi connectivity index (χ4n) is 5.24. The maximum atomic E-state index is 13.3. The van der Waals surface area contributed by atoms with Crippen LogP contribution in [0.15, 0.2) is 48.7 Å². The molecule has 5 rings (SSSR count). The third-order valence-corrected chi connectivity index (χ3v) is 7.15. The van der Waals surface area contributed by atoms with Gasteiger partial charge in [-0.25, -0.2) is 4.98 Å². The lowest BCUT2D eigenvalue weighted by atomic mass is 9.67. The first kappa shape index (κ1) is 18.6. The second kappa shape index (κ2) is 7.45. The van der Waals surface area contributed by atoms with E-state index in [2.05, 4.69) is 45.1 Å². The quantitative estimate of drug-likeness (QED) is 0.869. The zero-order chi connectivity index (χ0) is 19.8. The minimum Gasteiger partial charge on any atom is -0.383 e. The van der Waals surface area contributed by atoms with E-state index in [1.807, 2.05) is 12.1 Å². The van der Waals surface area contributed by atoms with E-state index >= 15 is 0 Å². The van der Waals surface area contributed by atoms with Gasteiger partial charge in [0, 0.05) is 30.9 Å². The van der Waals surface area contributed by atoms with Gasteiger partial charge in [-0.15, -0.1) is 0 Å². The van der Waals surface area contributed by atoms with Crippen LogP contribution in [0.25, 0.3) is 0 Å². The van der Waals surface area contributed by atoms with E-state index < -0.39 is 0 Å². The molecule has 0 bridgehead atoms. The van der Waals surface area contributed by atoms with Crippen molar-refractivity contribution in [2.45, 2.75) is 50.6 Å². The molecule has 2 aliphatic heterocycles. The fourth-order valence-corrected chi connectivity index (χ4v) is 5.24. The van der Waals surface area contributed by atoms with Crippen LogP contribution in [0.2, 0.25) is 0 Å². The van der Waals surface area contributed by atoms with Crippen LogP contribution in [0.5, 0.6) is 0 Å². The molecule has 1 saturated carbocycles.